The third kappa shape index (κ3) is 3.00. The first-order chi connectivity index (χ1) is 8.32. The van der Waals surface area contributed by atoms with Crippen molar-refractivity contribution in [1.29, 1.82) is 0 Å². The van der Waals surface area contributed by atoms with Gasteiger partial charge in [-0.2, -0.15) is 0 Å². The van der Waals surface area contributed by atoms with Crippen LogP contribution in [-0.2, 0) is 16.1 Å². The molecular formula is C10H10N2O6. The molecule has 1 aromatic rings. The topological polar surface area (TPSA) is 113 Å². The smallest absolute Gasteiger partial charge is 0.302 e. The first-order valence-corrected chi connectivity index (χ1v) is 4.88. The lowest BCUT2D eigenvalue weighted by Crippen LogP contribution is -2.04. The molecular weight excluding hydrogens is 244 g/mol. The number of nitro groups is 2. The third-order valence-electron chi connectivity index (χ3n) is 2.31. The van der Waals surface area contributed by atoms with E-state index in [4.69, 9.17) is 4.74 Å². The number of hydrogen-bond donors (Lipinski definition) is 0. The Morgan fingerprint density at radius 1 is 1.28 bits per heavy atom. The Bertz CT molecular complexity index is 525. The lowest BCUT2D eigenvalue weighted by molar-refractivity contribution is -0.394. The molecule has 0 aromatic heterocycles. The highest BCUT2D eigenvalue weighted by Crippen LogP contribution is 2.28. The van der Waals surface area contributed by atoms with Crippen LogP contribution in [0.1, 0.15) is 18.1 Å². The van der Waals surface area contributed by atoms with Crippen LogP contribution < -0.4 is 0 Å². The minimum atomic E-state index is -0.732. The van der Waals surface area contributed by atoms with E-state index in [9.17, 15) is 25.0 Å². The number of esters is 1. The van der Waals surface area contributed by atoms with Gasteiger partial charge >= 0.3 is 5.97 Å². The largest absolute Gasteiger partial charge is 0.461 e. The lowest BCUT2D eigenvalue weighted by atomic mass is 10.1. The molecule has 0 unspecified atom stereocenters. The molecule has 1 rings (SSSR count). The van der Waals surface area contributed by atoms with Crippen LogP contribution in [0.3, 0.4) is 0 Å². The summed E-state index contributed by atoms with van der Waals surface area (Å²) in [4.78, 5) is 30.6. The summed E-state index contributed by atoms with van der Waals surface area (Å²) in [5, 5.41) is 21.4. The molecule has 1 aromatic carbocycles. The maximum absolute atomic E-state index is 10.8. The Hall–Kier alpha value is -2.51. The fraction of sp³-hybridized carbons (Fsp3) is 0.300. The molecule has 18 heavy (non-hydrogen) atoms. The normalized spacial score (nSPS) is 9.89. The van der Waals surface area contributed by atoms with Gasteiger partial charge in [0.2, 0.25) is 0 Å². The first kappa shape index (κ1) is 13.6. The van der Waals surface area contributed by atoms with E-state index in [0.717, 1.165) is 12.1 Å². The van der Waals surface area contributed by atoms with Crippen molar-refractivity contribution < 1.29 is 19.4 Å². The van der Waals surface area contributed by atoms with Crippen molar-refractivity contribution in [3.8, 4) is 0 Å². The highest BCUT2D eigenvalue weighted by Gasteiger charge is 2.21. The van der Waals surface area contributed by atoms with Gasteiger partial charge in [0.25, 0.3) is 11.4 Å². The number of rotatable bonds is 4. The maximum Gasteiger partial charge on any atom is 0.302 e. The summed E-state index contributed by atoms with van der Waals surface area (Å²) in [7, 11) is 0. The summed E-state index contributed by atoms with van der Waals surface area (Å²) in [5.74, 6) is -0.566. The molecule has 96 valence electrons. The fourth-order valence-electron chi connectivity index (χ4n) is 1.37. The predicted molar refractivity (Wildman–Crippen MR) is 60.0 cm³/mol. The van der Waals surface area contributed by atoms with Crippen LogP contribution in [0.15, 0.2) is 12.1 Å². The second-order valence-electron chi connectivity index (χ2n) is 3.54. The summed E-state index contributed by atoms with van der Waals surface area (Å²) in [6.45, 7) is 2.39. The number of nitrogens with zero attached hydrogens (tertiary/aromatic N) is 2. The molecule has 0 fully saturated rings. The molecule has 0 aliphatic heterocycles. The van der Waals surface area contributed by atoms with Crippen molar-refractivity contribution in [2.75, 3.05) is 0 Å². The molecule has 0 saturated heterocycles. The van der Waals surface area contributed by atoms with Crippen molar-refractivity contribution in [3.63, 3.8) is 0 Å². The highest BCUT2D eigenvalue weighted by atomic mass is 16.6. The van der Waals surface area contributed by atoms with E-state index in [1.165, 1.54) is 13.8 Å². The van der Waals surface area contributed by atoms with E-state index in [2.05, 4.69) is 0 Å². The molecule has 0 heterocycles. The number of nitro benzene ring substituents is 2. The zero-order chi connectivity index (χ0) is 13.9. The fourth-order valence-corrected chi connectivity index (χ4v) is 1.37. The molecule has 0 atom stereocenters. The number of carbonyl (C=O) groups is 1. The monoisotopic (exact) mass is 254 g/mol. The van der Waals surface area contributed by atoms with Crippen LogP contribution in [0, 0.1) is 27.2 Å². The van der Waals surface area contributed by atoms with Crippen LogP contribution in [0.5, 0.6) is 0 Å². The highest BCUT2D eigenvalue weighted by molar-refractivity contribution is 5.66. The van der Waals surface area contributed by atoms with E-state index in [0.29, 0.717) is 0 Å². The van der Waals surface area contributed by atoms with Crippen molar-refractivity contribution in [2.45, 2.75) is 20.5 Å². The summed E-state index contributed by atoms with van der Waals surface area (Å²) in [6, 6.07) is 2.04. The zero-order valence-corrected chi connectivity index (χ0v) is 9.71. The molecule has 0 N–H and O–H groups in total. The van der Waals surface area contributed by atoms with Gasteiger partial charge in [-0.1, -0.05) is 0 Å². The number of carbonyl (C=O) groups excluding carboxylic acids is 1. The van der Waals surface area contributed by atoms with Gasteiger partial charge in [-0.15, -0.1) is 0 Å². The van der Waals surface area contributed by atoms with Crippen LogP contribution in [0.2, 0.25) is 0 Å². The Labute approximate surface area is 101 Å². The number of hydrogen-bond acceptors (Lipinski definition) is 6. The van der Waals surface area contributed by atoms with Gasteiger partial charge in [-0.05, 0) is 6.92 Å². The Morgan fingerprint density at radius 2 is 1.89 bits per heavy atom. The minimum absolute atomic E-state index is 0.232. The maximum atomic E-state index is 10.8. The molecule has 0 saturated carbocycles. The SMILES string of the molecule is CC(=O)OCc1cc([N+](=O)[O-])cc([N+](=O)[O-])c1C. The average Bonchev–Trinajstić information content (AvgIpc) is 2.26. The molecule has 0 amide bonds. The van der Waals surface area contributed by atoms with Gasteiger partial charge in [0.1, 0.15) is 6.61 Å². The molecule has 0 radical (unpaired) electrons. The molecule has 0 aliphatic carbocycles. The molecule has 0 bridgehead atoms. The second-order valence-corrected chi connectivity index (χ2v) is 3.54. The Kier molecular flexibility index (Phi) is 3.93. The number of benzene rings is 1. The van der Waals surface area contributed by atoms with Crippen molar-refractivity contribution in [2.24, 2.45) is 0 Å². The summed E-state index contributed by atoms with van der Waals surface area (Å²) < 4.78 is 4.69. The van der Waals surface area contributed by atoms with E-state index in [-0.39, 0.29) is 23.4 Å². The molecule has 8 nitrogen and oxygen atoms in total. The van der Waals surface area contributed by atoms with E-state index in [1.807, 2.05) is 0 Å². The minimum Gasteiger partial charge on any atom is -0.461 e. The van der Waals surface area contributed by atoms with Crippen LogP contribution in [0.25, 0.3) is 0 Å². The average molecular weight is 254 g/mol. The van der Waals surface area contributed by atoms with Gasteiger partial charge in [0.15, 0.2) is 0 Å². The van der Waals surface area contributed by atoms with E-state index >= 15 is 0 Å². The summed E-state index contributed by atoms with van der Waals surface area (Å²) in [5.41, 5.74) is -0.293. The van der Waals surface area contributed by atoms with Crippen LogP contribution >= 0.6 is 0 Å². The van der Waals surface area contributed by atoms with E-state index < -0.39 is 21.5 Å². The van der Waals surface area contributed by atoms with E-state index in [1.54, 1.807) is 0 Å². The van der Waals surface area contributed by atoms with Crippen LogP contribution in [0.4, 0.5) is 11.4 Å². The summed E-state index contributed by atoms with van der Waals surface area (Å²) in [6.07, 6.45) is 0. The molecule has 0 aliphatic rings. The third-order valence-corrected chi connectivity index (χ3v) is 2.31. The summed E-state index contributed by atoms with van der Waals surface area (Å²) >= 11 is 0. The standard InChI is InChI=1S/C10H10N2O6/c1-6-8(5-18-7(2)13)3-9(11(14)15)4-10(6)12(16)17/h3-4H,5H2,1-2H3. The lowest BCUT2D eigenvalue weighted by Gasteiger charge is -2.06. The second kappa shape index (κ2) is 5.21. The van der Waals surface area contributed by atoms with Crippen molar-refractivity contribution in [3.05, 3.63) is 43.5 Å². The molecule has 8 heteroatoms. The molecule has 0 spiro atoms. The van der Waals surface area contributed by atoms with Gasteiger partial charge in [-0.25, -0.2) is 0 Å². The van der Waals surface area contributed by atoms with Gasteiger partial charge in [-0.3, -0.25) is 25.0 Å². The Morgan fingerprint density at radius 3 is 2.33 bits per heavy atom. The first-order valence-electron chi connectivity index (χ1n) is 4.88. The van der Waals surface area contributed by atoms with Gasteiger partial charge < -0.3 is 4.74 Å². The number of ether oxygens (including phenoxy) is 1. The zero-order valence-electron chi connectivity index (χ0n) is 9.71. The Balaban J connectivity index is 3.26. The van der Waals surface area contributed by atoms with Gasteiger partial charge in [0, 0.05) is 24.1 Å². The van der Waals surface area contributed by atoms with Crippen LogP contribution in [-0.4, -0.2) is 15.8 Å². The van der Waals surface area contributed by atoms with Crippen molar-refractivity contribution >= 4 is 17.3 Å². The quantitative estimate of drug-likeness (QED) is 0.460. The van der Waals surface area contributed by atoms with Crippen molar-refractivity contribution in [1.82, 2.24) is 0 Å². The predicted octanol–water partition coefficient (Wildman–Crippen LogP) is 1.87. The van der Waals surface area contributed by atoms with Gasteiger partial charge in [0.05, 0.1) is 15.9 Å². The number of non-ortho nitro benzene ring substituents is 1.